The van der Waals surface area contributed by atoms with Crippen LogP contribution in [0, 0.1) is 0 Å². The van der Waals surface area contributed by atoms with Crippen LogP contribution in [0.2, 0.25) is 0 Å². The number of imidazole rings is 2. The van der Waals surface area contributed by atoms with Crippen LogP contribution in [-0.2, 0) is 9.47 Å². The molecule has 1 aliphatic heterocycles. The van der Waals surface area contributed by atoms with Gasteiger partial charge in [0, 0.05) is 43.6 Å². The molecule has 0 spiro atoms. The van der Waals surface area contributed by atoms with E-state index in [1.54, 1.807) is 59.7 Å². The summed E-state index contributed by atoms with van der Waals surface area (Å²) < 4.78 is 20.5. The van der Waals surface area contributed by atoms with Crippen LogP contribution in [0.1, 0.15) is 33.6 Å². The van der Waals surface area contributed by atoms with Crippen molar-refractivity contribution in [1.29, 1.82) is 0 Å². The number of hydrogen-bond donors (Lipinski definition) is 2. The van der Waals surface area contributed by atoms with Crippen molar-refractivity contribution in [3.63, 3.8) is 0 Å². The standard InChI is InChI=1S/C21H23N3O4.C8H7N3O/c22-21(25)16-3-6-20-23-13-19(24(20)14-16)15-1-4-17(5-2-15)27-11-12-28-18-7-9-26-10-8-18;9-8(12)6-1-2-7-10-3-4-11(7)5-6/h1-6,13-14,18H,7-12H2,(H2,22,25);1-5H,(H2,9,12). The highest BCUT2D eigenvalue weighted by Crippen LogP contribution is 2.24. The van der Waals surface area contributed by atoms with Crippen molar-refractivity contribution >= 4 is 23.1 Å². The maximum Gasteiger partial charge on any atom is 0.250 e. The lowest BCUT2D eigenvalue weighted by Gasteiger charge is -2.22. The van der Waals surface area contributed by atoms with E-state index in [9.17, 15) is 9.59 Å². The first-order valence-electron chi connectivity index (χ1n) is 12.9. The largest absolute Gasteiger partial charge is 0.491 e. The van der Waals surface area contributed by atoms with Crippen LogP contribution in [0.15, 0.2) is 79.5 Å². The van der Waals surface area contributed by atoms with Crippen LogP contribution in [-0.4, -0.2) is 63.1 Å². The number of nitrogens with zero attached hydrogens (tertiary/aromatic N) is 4. The van der Waals surface area contributed by atoms with E-state index < -0.39 is 11.8 Å². The summed E-state index contributed by atoms with van der Waals surface area (Å²) >= 11 is 0. The van der Waals surface area contributed by atoms with Crippen LogP contribution in [0.25, 0.3) is 22.6 Å². The van der Waals surface area contributed by atoms with Gasteiger partial charge in [-0.2, -0.15) is 0 Å². The van der Waals surface area contributed by atoms with E-state index >= 15 is 0 Å². The van der Waals surface area contributed by atoms with E-state index in [2.05, 4.69) is 9.97 Å². The molecule has 0 bridgehead atoms. The number of hydrogen-bond acceptors (Lipinski definition) is 7. The molecule has 0 radical (unpaired) electrons. The summed E-state index contributed by atoms with van der Waals surface area (Å²) in [6.45, 7) is 2.62. The van der Waals surface area contributed by atoms with E-state index in [0.717, 1.165) is 54.4 Å². The topological polar surface area (TPSA) is 148 Å². The van der Waals surface area contributed by atoms with Crippen molar-refractivity contribution in [2.45, 2.75) is 18.9 Å². The molecule has 0 saturated carbocycles. The molecule has 4 aromatic heterocycles. The first-order valence-corrected chi connectivity index (χ1v) is 12.9. The summed E-state index contributed by atoms with van der Waals surface area (Å²) in [5.74, 6) is -0.107. The van der Waals surface area contributed by atoms with Crippen molar-refractivity contribution < 1.29 is 23.8 Å². The maximum absolute atomic E-state index is 11.4. The number of amides is 2. The smallest absolute Gasteiger partial charge is 0.250 e. The Morgan fingerprint density at radius 1 is 0.875 bits per heavy atom. The molecule has 0 aliphatic carbocycles. The zero-order valence-electron chi connectivity index (χ0n) is 21.8. The summed E-state index contributed by atoms with van der Waals surface area (Å²) in [5, 5.41) is 0. The predicted molar refractivity (Wildman–Crippen MR) is 148 cm³/mol. The molecule has 40 heavy (non-hydrogen) atoms. The van der Waals surface area contributed by atoms with Gasteiger partial charge in [0.05, 0.1) is 35.7 Å². The summed E-state index contributed by atoms with van der Waals surface area (Å²) in [6, 6.07) is 14.6. The number of benzene rings is 1. The fourth-order valence-electron chi connectivity index (χ4n) is 4.34. The molecule has 11 heteroatoms. The summed E-state index contributed by atoms with van der Waals surface area (Å²) in [4.78, 5) is 30.6. The van der Waals surface area contributed by atoms with Gasteiger partial charge >= 0.3 is 0 Å². The van der Waals surface area contributed by atoms with Gasteiger partial charge in [-0.3, -0.25) is 14.0 Å². The molecule has 4 N–H and O–H groups in total. The van der Waals surface area contributed by atoms with E-state index in [-0.39, 0.29) is 6.10 Å². The van der Waals surface area contributed by atoms with Gasteiger partial charge in [-0.1, -0.05) is 0 Å². The minimum absolute atomic E-state index is 0.278. The van der Waals surface area contributed by atoms with Gasteiger partial charge in [-0.05, 0) is 61.4 Å². The Labute approximate surface area is 230 Å². The highest BCUT2D eigenvalue weighted by atomic mass is 16.5. The van der Waals surface area contributed by atoms with Crippen LogP contribution in [0.3, 0.4) is 0 Å². The second-order valence-corrected chi connectivity index (χ2v) is 9.18. The molecule has 11 nitrogen and oxygen atoms in total. The van der Waals surface area contributed by atoms with Crippen molar-refractivity contribution in [2.75, 3.05) is 26.4 Å². The molecular formula is C29H30N6O5. The predicted octanol–water partition coefficient (Wildman–Crippen LogP) is 3.11. The third-order valence-corrected chi connectivity index (χ3v) is 6.49. The molecule has 1 aromatic carbocycles. The van der Waals surface area contributed by atoms with Gasteiger partial charge in [0.2, 0.25) is 11.8 Å². The van der Waals surface area contributed by atoms with E-state index in [1.807, 2.05) is 28.7 Å². The normalized spacial score (nSPS) is 13.6. The Morgan fingerprint density at radius 2 is 1.57 bits per heavy atom. The molecule has 1 fully saturated rings. The number of nitrogens with two attached hydrogens (primary N) is 2. The Bertz CT molecular complexity index is 1600. The molecule has 1 saturated heterocycles. The van der Waals surface area contributed by atoms with Crippen LogP contribution in [0.4, 0.5) is 0 Å². The summed E-state index contributed by atoms with van der Waals surface area (Å²) in [7, 11) is 0. The fraction of sp³-hybridized carbons (Fsp3) is 0.241. The molecule has 6 rings (SSSR count). The van der Waals surface area contributed by atoms with Crippen molar-refractivity contribution in [2.24, 2.45) is 11.5 Å². The van der Waals surface area contributed by atoms with Crippen molar-refractivity contribution in [3.8, 4) is 17.0 Å². The number of rotatable bonds is 8. The van der Waals surface area contributed by atoms with E-state index in [1.165, 1.54) is 0 Å². The molecule has 2 amide bonds. The number of carbonyl (C=O) groups is 2. The second-order valence-electron chi connectivity index (χ2n) is 9.18. The number of ether oxygens (including phenoxy) is 3. The zero-order valence-corrected chi connectivity index (χ0v) is 21.8. The molecule has 0 atom stereocenters. The maximum atomic E-state index is 11.4. The van der Waals surface area contributed by atoms with Gasteiger partial charge in [0.15, 0.2) is 0 Å². The van der Waals surface area contributed by atoms with Gasteiger partial charge < -0.3 is 30.1 Å². The Kier molecular flexibility index (Phi) is 8.33. The molecule has 206 valence electrons. The molecule has 5 heterocycles. The fourth-order valence-corrected chi connectivity index (χ4v) is 4.34. The SMILES string of the molecule is NC(=O)c1ccc2ncc(-c3ccc(OCCOC4CCOCC4)cc3)n2c1.NC(=O)c1ccc2nccn2c1. The Morgan fingerprint density at radius 3 is 2.30 bits per heavy atom. The van der Waals surface area contributed by atoms with E-state index in [0.29, 0.717) is 24.3 Å². The lowest BCUT2D eigenvalue weighted by atomic mass is 10.1. The number of fused-ring (bicyclic) bond motifs is 2. The van der Waals surface area contributed by atoms with E-state index in [4.69, 9.17) is 25.7 Å². The van der Waals surface area contributed by atoms with Crippen molar-refractivity contribution in [3.05, 3.63) is 90.6 Å². The minimum Gasteiger partial charge on any atom is -0.491 e. The third kappa shape index (κ3) is 6.45. The van der Waals surface area contributed by atoms with Gasteiger partial charge in [-0.25, -0.2) is 9.97 Å². The number of aromatic nitrogens is 4. The Hall–Kier alpha value is -4.74. The summed E-state index contributed by atoms with van der Waals surface area (Å²) in [6.07, 6.45) is 10.7. The summed E-state index contributed by atoms with van der Waals surface area (Å²) in [5.41, 5.74) is 14.8. The zero-order chi connectivity index (χ0) is 27.9. The second kappa shape index (κ2) is 12.4. The molecule has 1 aliphatic rings. The quantitative estimate of drug-likeness (QED) is 0.286. The Balaban J connectivity index is 0.000000223. The van der Waals surface area contributed by atoms with Crippen LogP contribution >= 0.6 is 0 Å². The highest BCUT2D eigenvalue weighted by Gasteiger charge is 2.14. The highest BCUT2D eigenvalue weighted by molar-refractivity contribution is 5.93. The van der Waals surface area contributed by atoms with Crippen LogP contribution in [0.5, 0.6) is 5.75 Å². The minimum atomic E-state index is -0.465. The first-order chi connectivity index (χ1) is 19.5. The van der Waals surface area contributed by atoms with Gasteiger partial charge in [0.1, 0.15) is 23.7 Å². The third-order valence-electron chi connectivity index (χ3n) is 6.49. The lowest BCUT2D eigenvalue weighted by molar-refractivity contribution is -0.0388. The van der Waals surface area contributed by atoms with Crippen molar-refractivity contribution in [1.82, 2.24) is 18.8 Å². The van der Waals surface area contributed by atoms with Gasteiger partial charge in [-0.15, -0.1) is 0 Å². The molecular weight excluding hydrogens is 512 g/mol. The number of pyridine rings is 2. The van der Waals surface area contributed by atoms with Crippen LogP contribution < -0.4 is 16.2 Å². The lowest BCUT2D eigenvalue weighted by Crippen LogP contribution is -2.25. The number of carbonyl (C=O) groups excluding carboxylic acids is 2. The average Bonchev–Trinajstić information content (AvgIpc) is 3.63. The average molecular weight is 543 g/mol. The first kappa shape index (κ1) is 26.9. The molecule has 0 unspecified atom stereocenters. The number of primary amides is 2. The monoisotopic (exact) mass is 542 g/mol. The molecule has 5 aromatic rings. The van der Waals surface area contributed by atoms with Gasteiger partial charge in [0.25, 0.3) is 0 Å².